The molecule has 5 nitrogen and oxygen atoms in total. The number of pyridine rings is 1. The summed E-state index contributed by atoms with van der Waals surface area (Å²) in [6.45, 7) is 0. The number of aromatic nitrogens is 2. The fraction of sp³-hybridized carbons (Fsp3) is 0.136. The van der Waals surface area contributed by atoms with Gasteiger partial charge in [0.2, 0.25) is 0 Å². The van der Waals surface area contributed by atoms with Crippen molar-refractivity contribution in [1.29, 1.82) is 0 Å². The average Bonchev–Trinajstić information content (AvgIpc) is 3.40. The molecule has 29 heavy (non-hydrogen) atoms. The van der Waals surface area contributed by atoms with Crippen molar-refractivity contribution >= 4 is 28.7 Å². The Kier molecular flexibility index (Phi) is 4.45. The molecule has 3 aromatic heterocycles. The van der Waals surface area contributed by atoms with Crippen LogP contribution in [0.25, 0.3) is 21.8 Å². The molecule has 1 unspecified atom stereocenters. The van der Waals surface area contributed by atoms with Gasteiger partial charge in [0.1, 0.15) is 10.8 Å². The van der Waals surface area contributed by atoms with Crippen LogP contribution in [-0.2, 0) is 6.42 Å². The number of rotatable bonds is 3. The van der Waals surface area contributed by atoms with E-state index in [1.807, 2.05) is 29.6 Å². The zero-order valence-corrected chi connectivity index (χ0v) is 16.7. The summed E-state index contributed by atoms with van der Waals surface area (Å²) in [6, 6.07) is 12.7. The Balaban J connectivity index is 1.50. The van der Waals surface area contributed by atoms with E-state index in [1.54, 1.807) is 24.5 Å². The molecule has 0 radical (unpaired) electrons. The summed E-state index contributed by atoms with van der Waals surface area (Å²) in [4.78, 5) is 33.0. The lowest BCUT2D eigenvalue weighted by molar-refractivity contribution is 0.0959. The molecule has 0 spiro atoms. The van der Waals surface area contributed by atoms with E-state index in [-0.39, 0.29) is 17.3 Å². The summed E-state index contributed by atoms with van der Waals surface area (Å²) in [7, 11) is 0. The molecule has 4 aromatic rings. The second-order valence-electron chi connectivity index (χ2n) is 6.99. The minimum absolute atomic E-state index is 0.000342. The number of aromatic amines is 1. The van der Waals surface area contributed by atoms with E-state index in [4.69, 9.17) is 16.0 Å². The van der Waals surface area contributed by atoms with E-state index < -0.39 is 0 Å². The maximum Gasteiger partial charge on any atom is 0.258 e. The number of ketones is 1. The highest BCUT2D eigenvalue weighted by Gasteiger charge is 2.29. The largest absolute Gasteiger partial charge is 0.469 e. The van der Waals surface area contributed by atoms with Crippen molar-refractivity contribution in [3.63, 3.8) is 0 Å². The van der Waals surface area contributed by atoms with E-state index in [0.717, 1.165) is 17.0 Å². The average molecular weight is 423 g/mol. The van der Waals surface area contributed by atoms with Gasteiger partial charge in [-0.1, -0.05) is 23.7 Å². The molecule has 1 N–H and O–H groups in total. The molecular formula is C22H15ClN2O3S. The number of benzene rings is 1. The van der Waals surface area contributed by atoms with E-state index in [1.165, 1.54) is 11.3 Å². The Hall–Kier alpha value is -2.96. The maximum atomic E-state index is 12.8. The number of nitrogens with zero attached hydrogens (tertiary/aromatic N) is 1. The van der Waals surface area contributed by atoms with E-state index in [9.17, 15) is 9.59 Å². The lowest BCUT2D eigenvalue weighted by Crippen LogP contribution is -2.24. The number of nitrogens with one attached hydrogen (secondary N) is 1. The molecule has 1 aliphatic rings. The van der Waals surface area contributed by atoms with Crippen molar-refractivity contribution < 1.29 is 9.21 Å². The van der Waals surface area contributed by atoms with Gasteiger partial charge in [-0.15, -0.1) is 11.3 Å². The first kappa shape index (κ1) is 18.1. The number of Topliss-reactive ketones (excluding diaryl/α,β-unsaturated/α-hetero) is 1. The van der Waals surface area contributed by atoms with Gasteiger partial charge in [-0.3, -0.25) is 9.59 Å². The molecule has 0 aliphatic heterocycles. The van der Waals surface area contributed by atoms with Crippen molar-refractivity contribution in [2.45, 2.75) is 18.8 Å². The smallest absolute Gasteiger partial charge is 0.258 e. The fourth-order valence-electron chi connectivity index (χ4n) is 3.67. The van der Waals surface area contributed by atoms with Crippen LogP contribution in [0, 0.1) is 0 Å². The highest BCUT2D eigenvalue weighted by atomic mass is 35.5. The number of carbonyl (C=O) groups is 1. The Bertz CT molecular complexity index is 1260. The van der Waals surface area contributed by atoms with Crippen LogP contribution in [-0.4, -0.2) is 15.8 Å². The molecule has 0 saturated heterocycles. The van der Waals surface area contributed by atoms with Gasteiger partial charge in [0.15, 0.2) is 5.78 Å². The predicted octanol–water partition coefficient (Wildman–Crippen LogP) is 5.32. The number of hydrogen-bond acceptors (Lipinski definition) is 5. The molecule has 3 heterocycles. The molecule has 1 aliphatic carbocycles. The second kappa shape index (κ2) is 7.13. The third-order valence-electron chi connectivity index (χ3n) is 5.13. The molecule has 0 bridgehead atoms. The highest BCUT2D eigenvalue weighted by molar-refractivity contribution is 7.13. The van der Waals surface area contributed by atoms with Crippen molar-refractivity contribution in [3.8, 4) is 21.8 Å². The van der Waals surface area contributed by atoms with Crippen molar-refractivity contribution in [3.05, 3.63) is 86.5 Å². The van der Waals surface area contributed by atoms with Crippen LogP contribution in [0.4, 0.5) is 0 Å². The molecule has 5 rings (SSSR count). The van der Waals surface area contributed by atoms with Gasteiger partial charge < -0.3 is 9.40 Å². The number of fused-ring (bicyclic) bond motifs is 1. The quantitative estimate of drug-likeness (QED) is 0.484. The second-order valence-corrected chi connectivity index (χ2v) is 8.29. The minimum Gasteiger partial charge on any atom is -0.469 e. The number of thiazole rings is 1. The minimum atomic E-state index is -0.242. The first-order valence-corrected chi connectivity index (χ1v) is 10.4. The third kappa shape index (κ3) is 3.34. The van der Waals surface area contributed by atoms with Crippen molar-refractivity contribution in [2.24, 2.45) is 0 Å². The number of halogens is 1. The summed E-state index contributed by atoms with van der Waals surface area (Å²) in [5.74, 6) is 0.712. The summed E-state index contributed by atoms with van der Waals surface area (Å²) >= 11 is 7.32. The van der Waals surface area contributed by atoms with E-state index in [2.05, 4.69) is 9.97 Å². The van der Waals surface area contributed by atoms with Gasteiger partial charge in [-0.2, -0.15) is 0 Å². The van der Waals surface area contributed by atoms with Crippen molar-refractivity contribution in [1.82, 2.24) is 9.97 Å². The SMILES string of the molecule is O=C1CC(c2ccco2)Cc2[nH]c(=O)c(-c3nc(-c4ccc(Cl)cc4)cs3)cc21. The van der Waals surface area contributed by atoms with Crippen LogP contribution in [0.1, 0.15) is 34.2 Å². The van der Waals surface area contributed by atoms with E-state index in [0.29, 0.717) is 39.7 Å². The zero-order chi connectivity index (χ0) is 20.0. The van der Waals surface area contributed by atoms with Gasteiger partial charge in [0, 0.05) is 39.6 Å². The topological polar surface area (TPSA) is 76.0 Å². The normalized spacial score (nSPS) is 16.0. The Morgan fingerprint density at radius 2 is 1.93 bits per heavy atom. The van der Waals surface area contributed by atoms with E-state index >= 15 is 0 Å². The fourth-order valence-corrected chi connectivity index (χ4v) is 4.63. The molecule has 1 aromatic carbocycles. The number of furan rings is 1. The van der Waals surface area contributed by atoms with Gasteiger partial charge in [0.05, 0.1) is 17.5 Å². The van der Waals surface area contributed by atoms with Crippen LogP contribution >= 0.6 is 22.9 Å². The van der Waals surface area contributed by atoms with Crippen LogP contribution in [0.2, 0.25) is 5.02 Å². The zero-order valence-electron chi connectivity index (χ0n) is 15.1. The van der Waals surface area contributed by atoms with Crippen LogP contribution in [0.3, 0.4) is 0 Å². The van der Waals surface area contributed by atoms with Crippen LogP contribution in [0.15, 0.2) is 63.3 Å². The summed E-state index contributed by atoms with van der Waals surface area (Å²) in [5.41, 5.74) is 3.08. The van der Waals surface area contributed by atoms with Gasteiger partial charge >= 0.3 is 0 Å². The van der Waals surface area contributed by atoms with Crippen LogP contribution in [0.5, 0.6) is 0 Å². The Morgan fingerprint density at radius 1 is 1.10 bits per heavy atom. The Labute approximate surface area is 175 Å². The molecule has 7 heteroatoms. The van der Waals surface area contributed by atoms with Crippen LogP contribution < -0.4 is 5.56 Å². The van der Waals surface area contributed by atoms with Gasteiger partial charge in [-0.05, 0) is 36.8 Å². The molecule has 144 valence electrons. The third-order valence-corrected chi connectivity index (χ3v) is 6.25. The number of H-pyrrole nitrogens is 1. The summed E-state index contributed by atoms with van der Waals surface area (Å²) in [6.07, 6.45) is 2.53. The summed E-state index contributed by atoms with van der Waals surface area (Å²) in [5, 5.41) is 3.13. The highest BCUT2D eigenvalue weighted by Crippen LogP contribution is 2.34. The van der Waals surface area contributed by atoms with Gasteiger partial charge in [0.25, 0.3) is 5.56 Å². The first-order valence-electron chi connectivity index (χ1n) is 9.13. The monoisotopic (exact) mass is 422 g/mol. The van der Waals surface area contributed by atoms with Gasteiger partial charge in [-0.25, -0.2) is 4.98 Å². The first-order chi connectivity index (χ1) is 14.1. The predicted molar refractivity (Wildman–Crippen MR) is 113 cm³/mol. The molecule has 1 atom stereocenters. The van der Waals surface area contributed by atoms with Crippen molar-refractivity contribution in [2.75, 3.05) is 0 Å². The summed E-state index contributed by atoms with van der Waals surface area (Å²) < 4.78 is 5.45. The lowest BCUT2D eigenvalue weighted by atomic mass is 9.84. The molecular weight excluding hydrogens is 408 g/mol. The molecule has 0 saturated carbocycles. The lowest BCUT2D eigenvalue weighted by Gasteiger charge is -2.22. The molecule has 0 amide bonds. The maximum absolute atomic E-state index is 12.8. The number of hydrogen-bond donors (Lipinski definition) is 1. The standard InChI is InChI=1S/C22H15ClN2O3S/c23-14-5-3-12(4-6-14)18-11-29-22(25-18)16-10-15-17(24-21(16)27)8-13(9-19(15)26)20-2-1-7-28-20/h1-7,10-11,13H,8-9H2,(H,24,27). The number of carbonyl (C=O) groups excluding carboxylic acids is 1. The Morgan fingerprint density at radius 3 is 2.69 bits per heavy atom. The molecule has 0 fully saturated rings.